The Morgan fingerprint density at radius 3 is 2.78 bits per heavy atom. The molecule has 4 rings (SSSR count). The van der Waals surface area contributed by atoms with Crippen LogP contribution in [0.2, 0.25) is 0 Å². The Kier molecular flexibility index (Phi) is 3.99. The van der Waals surface area contributed by atoms with Crippen molar-refractivity contribution in [2.45, 2.75) is 43.2 Å². The van der Waals surface area contributed by atoms with Crippen LogP contribution in [0.4, 0.5) is 0 Å². The van der Waals surface area contributed by atoms with Crippen LogP contribution in [0.25, 0.3) is 0 Å². The molecule has 2 heterocycles. The summed E-state index contributed by atoms with van der Waals surface area (Å²) in [6, 6.07) is 9.87. The molecule has 1 N–H and O–H groups in total. The molecule has 3 aliphatic rings. The number of methoxy groups -OCH3 is 1. The lowest BCUT2D eigenvalue weighted by atomic mass is 9.71. The van der Waals surface area contributed by atoms with Crippen LogP contribution in [0.1, 0.15) is 24.7 Å². The Morgan fingerprint density at radius 1 is 1.17 bits per heavy atom. The van der Waals surface area contributed by atoms with E-state index in [9.17, 15) is 5.11 Å². The van der Waals surface area contributed by atoms with Crippen molar-refractivity contribution in [2.24, 2.45) is 5.92 Å². The van der Waals surface area contributed by atoms with Crippen molar-refractivity contribution in [1.29, 1.82) is 0 Å². The molecule has 0 radical (unpaired) electrons. The first-order valence-electron chi connectivity index (χ1n) is 8.10. The quantitative estimate of drug-likeness (QED) is 0.847. The summed E-state index contributed by atoms with van der Waals surface area (Å²) in [5, 5.41) is 11.1. The van der Waals surface area contributed by atoms with E-state index in [1.807, 2.05) is 36.4 Å². The van der Waals surface area contributed by atoms with Gasteiger partial charge in [0, 0.05) is 18.6 Å². The number of hydrogen-bond donors (Lipinski definition) is 1. The molecule has 23 heavy (non-hydrogen) atoms. The first-order chi connectivity index (χ1) is 11.2. The van der Waals surface area contributed by atoms with Gasteiger partial charge >= 0.3 is 0 Å². The molecule has 6 atom stereocenters. The maximum atomic E-state index is 11.1. The zero-order valence-corrected chi connectivity index (χ0v) is 13.1. The standard InChI is InChI=1S/C18H22O5/c1-20-17-18(19)10-6-5-9-13(18)15-14(22-17)11-21-16(23-15)12-7-3-2-4-8-12/h2-8,13-17,19H,9-11H2,1H3/t13-,14+,15-,16+,17-,18+/m0/s1. The summed E-state index contributed by atoms with van der Waals surface area (Å²) in [4.78, 5) is 0. The van der Waals surface area contributed by atoms with Crippen LogP contribution in [0.5, 0.6) is 0 Å². The summed E-state index contributed by atoms with van der Waals surface area (Å²) < 4.78 is 23.4. The third-order valence-electron chi connectivity index (χ3n) is 5.09. The predicted octanol–water partition coefficient (Wildman–Crippen LogP) is 2.17. The topological polar surface area (TPSA) is 57.2 Å². The molecule has 1 aliphatic carbocycles. The van der Waals surface area contributed by atoms with Gasteiger partial charge in [0.2, 0.25) is 0 Å². The molecule has 1 aromatic carbocycles. The maximum absolute atomic E-state index is 11.1. The Hall–Kier alpha value is -1.24. The van der Waals surface area contributed by atoms with Crippen molar-refractivity contribution in [1.82, 2.24) is 0 Å². The molecule has 5 heteroatoms. The van der Waals surface area contributed by atoms with Crippen LogP contribution < -0.4 is 0 Å². The van der Waals surface area contributed by atoms with Gasteiger partial charge in [-0.05, 0) is 12.8 Å². The van der Waals surface area contributed by atoms with E-state index in [0.717, 1.165) is 12.0 Å². The zero-order valence-electron chi connectivity index (χ0n) is 13.1. The fourth-order valence-corrected chi connectivity index (χ4v) is 3.90. The van der Waals surface area contributed by atoms with E-state index in [2.05, 4.69) is 6.08 Å². The minimum Gasteiger partial charge on any atom is -0.384 e. The molecule has 0 spiro atoms. The van der Waals surface area contributed by atoms with Crippen LogP contribution in [0.15, 0.2) is 42.5 Å². The molecular formula is C18H22O5. The molecule has 2 saturated heterocycles. The summed E-state index contributed by atoms with van der Waals surface area (Å²) in [6.07, 6.45) is 3.84. The SMILES string of the molecule is CO[C@H]1O[C@@H]2CO[C@@H](c3ccccc3)O[C@H]2[C@@H]2CC=CC[C@]12O. The normalized spacial score (nSPS) is 42.8. The smallest absolute Gasteiger partial charge is 0.187 e. The monoisotopic (exact) mass is 318 g/mol. The highest BCUT2D eigenvalue weighted by atomic mass is 16.7. The lowest BCUT2D eigenvalue weighted by Gasteiger charge is -2.54. The number of rotatable bonds is 2. The van der Waals surface area contributed by atoms with Crippen molar-refractivity contribution < 1.29 is 24.1 Å². The second-order valence-electron chi connectivity index (χ2n) is 6.43. The van der Waals surface area contributed by atoms with Gasteiger partial charge in [-0.25, -0.2) is 0 Å². The highest BCUT2D eigenvalue weighted by Gasteiger charge is 2.57. The van der Waals surface area contributed by atoms with Crippen molar-refractivity contribution >= 4 is 0 Å². The Labute approximate surface area is 135 Å². The Balaban J connectivity index is 1.61. The molecule has 2 fully saturated rings. The average Bonchev–Trinajstić information content (AvgIpc) is 2.61. The summed E-state index contributed by atoms with van der Waals surface area (Å²) in [5.41, 5.74) is -0.0711. The minimum atomic E-state index is -1.05. The van der Waals surface area contributed by atoms with Gasteiger partial charge in [-0.1, -0.05) is 42.5 Å². The van der Waals surface area contributed by atoms with Gasteiger partial charge in [-0.2, -0.15) is 0 Å². The second kappa shape index (κ2) is 6.00. The maximum Gasteiger partial charge on any atom is 0.187 e. The first kappa shape index (κ1) is 15.3. The summed E-state index contributed by atoms with van der Waals surface area (Å²) in [5.74, 6) is -0.0636. The van der Waals surface area contributed by atoms with E-state index in [-0.39, 0.29) is 18.1 Å². The predicted molar refractivity (Wildman–Crippen MR) is 82.5 cm³/mol. The third-order valence-corrected chi connectivity index (χ3v) is 5.09. The van der Waals surface area contributed by atoms with Gasteiger partial charge in [-0.15, -0.1) is 0 Å². The van der Waals surface area contributed by atoms with Crippen LogP contribution in [0, 0.1) is 5.92 Å². The Morgan fingerprint density at radius 2 is 2.00 bits per heavy atom. The van der Waals surface area contributed by atoms with Crippen LogP contribution in [-0.4, -0.2) is 42.9 Å². The zero-order chi connectivity index (χ0) is 15.9. The largest absolute Gasteiger partial charge is 0.384 e. The molecule has 0 amide bonds. The second-order valence-corrected chi connectivity index (χ2v) is 6.43. The lowest BCUT2D eigenvalue weighted by molar-refractivity contribution is -0.375. The summed E-state index contributed by atoms with van der Waals surface area (Å²) in [6.45, 7) is 0.431. The van der Waals surface area contributed by atoms with Crippen molar-refractivity contribution in [2.75, 3.05) is 13.7 Å². The fourth-order valence-electron chi connectivity index (χ4n) is 3.90. The third kappa shape index (κ3) is 2.53. The number of fused-ring (bicyclic) bond motifs is 3. The van der Waals surface area contributed by atoms with Gasteiger partial charge < -0.3 is 24.1 Å². The molecule has 0 unspecified atom stereocenters. The lowest BCUT2D eigenvalue weighted by Crippen LogP contribution is -2.66. The van der Waals surface area contributed by atoms with Gasteiger partial charge in [0.15, 0.2) is 12.6 Å². The van der Waals surface area contributed by atoms with E-state index >= 15 is 0 Å². The molecule has 5 nitrogen and oxygen atoms in total. The van der Waals surface area contributed by atoms with Crippen LogP contribution >= 0.6 is 0 Å². The minimum absolute atomic E-state index is 0.0636. The molecular weight excluding hydrogens is 296 g/mol. The number of benzene rings is 1. The highest BCUT2D eigenvalue weighted by molar-refractivity contribution is 5.17. The van der Waals surface area contributed by atoms with E-state index in [1.165, 1.54) is 0 Å². The molecule has 2 aliphatic heterocycles. The summed E-state index contributed by atoms with van der Waals surface area (Å²) in [7, 11) is 1.57. The van der Waals surface area contributed by atoms with E-state index in [1.54, 1.807) is 7.11 Å². The van der Waals surface area contributed by atoms with Gasteiger partial charge in [0.05, 0.1) is 12.7 Å². The van der Waals surface area contributed by atoms with E-state index < -0.39 is 18.2 Å². The summed E-state index contributed by atoms with van der Waals surface area (Å²) >= 11 is 0. The van der Waals surface area contributed by atoms with Gasteiger partial charge in [0.1, 0.15) is 11.7 Å². The highest BCUT2D eigenvalue weighted by Crippen LogP contribution is 2.46. The number of ether oxygens (including phenoxy) is 4. The van der Waals surface area contributed by atoms with Gasteiger partial charge in [-0.3, -0.25) is 0 Å². The Bertz CT molecular complexity index is 574. The van der Waals surface area contributed by atoms with E-state index in [4.69, 9.17) is 18.9 Å². The van der Waals surface area contributed by atoms with Crippen molar-refractivity contribution in [3.8, 4) is 0 Å². The van der Waals surface area contributed by atoms with Crippen molar-refractivity contribution in [3.05, 3.63) is 48.0 Å². The fraction of sp³-hybridized carbons (Fsp3) is 0.556. The number of aliphatic hydroxyl groups is 1. The molecule has 124 valence electrons. The van der Waals surface area contributed by atoms with E-state index in [0.29, 0.717) is 13.0 Å². The average molecular weight is 318 g/mol. The van der Waals surface area contributed by atoms with Crippen LogP contribution in [-0.2, 0) is 18.9 Å². The van der Waals surface area contributed by atoms with Gasteiger partial charge in [0.25, 0.3) is 0 Å². The number of allylic oxidation sites excluding steroid dienone is 1. The molecule has 0 saturated carbocycles. The van der Waals surface area contributed by atoms with Crippen LogP contribution in [0.3, 0.4) is 0 Å². The molecule has 0 aromatic heterocycles. The number of hydrogen-bond acceptors (Lipinski definition) is 5. The first-order valence-corrected chi connectivity index (χ1v) is 8.10. The van der Waals surface area contributed by atoms with Crippen molar-refractivity contribution in [3.63, 3.8) is 0 Å². The molecule has 1 aromatic rings. The molecule has 0 bridgehead atoms.